The average molecular weight is 812 g/mol. The monoisotopic (exact) mass is 812 g/mol. The lowest BCUT2D eigenvalue weighted by Crippen LogP contribution is -2.32. The van der Waals surface area contributed by atoms with Gasteiger partial charge in [-0.2, -0.15) is 0 Å². The Kier molecular flexibility index (Phi) is 34.3. The standard InChI is InChI=1S/C21H4.C14H27NO2.C12H26O.C9H20/c1-3-5-7-9-11-13-15-17-19-21-20-18-16-14-12-10-8-6-4-2;1-13(2,3)9-11(16)7-8-12(17)15-10-14(4,5)6;1-11(2,3)7-9-13-10-8-12(4,5)6;1-8(2,3)7-9(4,5)6/h1H,2H3;7-10H2,1-6H3,(H,15,17);7-10H2,1-6H3;7H2,1-6H3. The first-order valence-corrected chi connectivity index (χ1v) is 20.6. The van der Waals surface area contributed by atoms with Crippen molar-refractivity contribution in [2.75, 3.05) is 19.8 Å². The summed E-state index contributed by atoms with van der Waals surface area (Å²) in [5.41, 5.74) is 1.88. The van der Waals surface area contributed by atoms with Crippen molar-refractivity contribution < 1.29 is 14.3 Å². The van der Waals surface area contributed by atoms with E-state index < -0.39 is 0 Å². The van der Waals surface area contributed by atoms with E-state index in [4.69, 9.17) is 11.2 Å². The molecule has 0 radical (unpaired) electrons. The van der Waals surface area contributed by atoms with Crippen molar-refractivity contribution >= 4 is 11.7 Å². The fourth-order valence-electron chi connectivity index (χ4n) is 4.40. The van der Waals surface area contributed by atoms with Crippen LogP contribution in [-0.2, 0) is 14.3 Å². The van der Waals surface area contributed by atoms with Crippen molar-refractivity contribution in [3.05, 3.63) is 0 Å². The Morgan fingerprint density at radius 2 is 0.783 bits per heavy atom. The molecule has 1 amide bonds. The Hall–Kier alpha value is -5.30. The maximum absolute atomic E-state index is 11.6. The first kappa shape index (κ1) is 61.4. The lowest BCUT2D eigenvalue weighted by atomic mass is 9.78. The lowest BCUT2D eigenvalue weighted by molar-refractivity contribution is -0.126. The van der Waals surface area contributed by atoms with Crippen LogP contribution in [-0.4, -0.2) is 31.4 Å². The van der Waals surface area contributed by atoms with Gasteiger partial charge < -0.3 is 10.1 Å². The molecule has 0 spiro atoms. The van der Waals surface area contributed by atoms with Crippen LogP contribution in [0.2, 0.25) is 0 Å². The van der Waals surface area contributed by atoms with Crippen LogP contribution in [0.1, 0.15) is 170 Å². The third-order valence-corrected chi connectivity index (χ3v) is 6.42. The molecule has 0 bridgehead atoms. The molecule has 324 valence electrons. The van der Waals surface area contributed by atoms with Crippen molar-refractivity contribution in [3.8, 4) is 119 Å². The van der Waals surface area contributed by atoms with Crippen molar-refractivity contribution in [1.29, 1.82) is 0 Å². The highest BCUT2D eigenvalue weighted by Crippen LogP contribution is 2.32. The molecule has 0 unspecified atom stereocenters. The van der Waals surface area contributed by atoms with Crippen molar-refractivity contribution in [2.24, 2.45) is 32.5 Å². The number of ether oxygens (including phenoxy) is 1. The van der Waals surface area contributed by atoms with E-state index in [1.54, 1.807) is 6.92 Å². The third-order valence-electron chi connectivity index (χ3n) is 6.42. The number of hydrogen-bond donors (Lipinski definition) is 1. The van der Waals surface area contributed by atoms with Crippen LogP contribution in [0.4, 0.5) is 0 Å². The Morgan fingerprint density at radius 1 is 0.450 bits per heavy atom. The van der Waals surface area contributed by atoms with Crippen LogP contribution >= 0.6 is 0 Å². The van der Waals surface area contributed by atoms with Gasteiger partial charge in [0.25, 0.3) is 0 Å². The number of Topliss-reactive ketones (excluding diaryl/α,β-unsaturated/α-hetero) is 1. The molecule has 0 saturated carbocycles. The highest BCUT2D eigenvalue weighted by molar-refractivity contribution is 5.85. The molecule has 0 aromatic heterocycles. The molecule has 0 fully saturated rings. The highest BCUT2D eigenvalue weighted by Gasteiger charge is 2.20. The molecule has 4 heteroatoms. The number of carbonyl (C=O) groups excluding carboxylic acids is 2. The van der Waals surface area contributed by atoms with E-state index >= 15 is 0 Å². The number of nitrogens with one attached hydrogen (secondary N) is 1. The van der Waals surface area contributed by atoms with E-state index in [-0.39, 0.29) is 22.5 Å². The van der Waals surface area contributed by atoms with E-state index in [1.165, 1.54) is 6.42 Å². The Morgan fingerprint density at radius 3 is 1.03 bits per heavy atom. The van der Waals surface area contributed by atoms with Crippen molar-refractivity contribution in [3.63, 3.8) is 0 Å². The number of amides is 1. The Balaban J connectivity index is -0.000000363. The molecule has 4 nitrogen and oxygen atoms in total. The number of ketones is 1. The fraction of sp³-hybridized carbons (Fsp3) is 0.607. The summed E-state index contributed by atoms with van der Waals surface area (Å²) in [6.07, 6.45) is 9.70. The minimum Gasteiger partial charge on any atom is -0.381 e. The van der Waals surface area contributed by atoms with E-state index in [2.05, 4.69) is 222 Å². The summed E-state index contributed by atoms with van der Waals surface area (Å²) in [6, 6.07) is 0. The molecule has 60 heavy (non-hydrogen) atoms. The SMILES string of the molecule is C#CC#CC#CC#CC#CC#CC#CC#CC#CC#CC.CC(C)(C)CC(C)(C)C.CC(C)(C)CCOCCC(C)(C)C.CC(C)(C)CNC(=O)CCC(=O)CC(C)(C)C. The van der Waals surface area contributed by atoms with Crippen molar-refractivity contribution in [2.45, 2.75) is 170 Å². The van der Waals surface area contributed by atoms with Gasteiger partial charge in [0.2, 0.25) is 5.91 Å². The third kappa shape index (κ3) is 70.5. The van der Waals surface area contributed by atoms with Gasteiger partial charge in [-0.15, -0.1) is 6.42 Å². The molecule has 0 aliphatic rings. The summed E-state index contributed by atoms with van der Waals surface area (Å²) in [5.74, 6) is 47.0. The molecular formula is C56H77NO3. The zero-order chi connectivity index (χ0) is 47.4. The van der Waals surface area contributed by atoms with Gasteiger partial charge in [-0.25, -0.2) is 0 Å². The van der Waals surface area contributed by atoms with Gasteiger partial charge in [0.1, 0.15) is 5.78 Å². The predicted octanol–water partition coefficient (Wildman–Crippen LogP) is 10.9. The molecule has 0 aromatic carbocycles. The second-order valence-corrected chi connectivity index (χ2v) is 21.2. The highest BCUT2D eigenvalue weighted by atomic mass is 16.5. The van der Waals surface area contributed by atoms with Crippen LogP contribution in [0.5, 0.6) is 0 Å². The second kappa shape index (κ2) is 33.5. The summed E-state index contributed by atoms with van der Waals surface area (Å²) in [6.45, 7) is 43.7. The average Bonchev–Trinajstić information content (AvgIpc) is 3.05. The van der Waals surface area contributed by atoms with Crippen LogP contribution in [0, 0.1) is 151 Å². The van der Waals surface area contributed by atoms with E-state index in [9.17, 15) is 9.59 Å². The number of terminal acetylenes is 1. The van der Waals surface area contributed by atoms with Gasteiger partial charge in [-0.1, -0.05) is 131 Å². The topological polar surface area (TPSA) is 55.4 Å². The minimum absolute atomic E-state index is 0.0129. The molecule has 0 atom stereocenters. The van der Waals surface area contributed by atoms with Crippen molar-refractivity contribution in [1.82, 2.24) is 5.32 Å². The van der Waals surface area contributed by atoms with Gasteiger partial charge in [0.05, 0.1) is 0 Å². The quantitative estimate of drug-likeness (QED) is 0.186. The zero-order valence-electron chi connectivity index (χ0n) is 41.2. The smallest absolute Gasteiger partial charge is 0.220 e. The van der Waals surface area contributed by atoms with Gasteiger partial charge >= 0.3 is 0 Å². The number of hydrogen-bond acceptors (Lipinski definition) is 3. The molecule has 0 aromatic rings. The lowest BCUT2D eigenvalue weighted by Gasteiger charge is -2.28. The molecule has 0 heterocycles. The van der Waals surface area contributed by atoms with Crippen LogP contribution < -0.4 is 5.32 Å². The minimum atomic E-state index is -0.0258. The van der Waals surface area contributed by atoms with Gasteiger partial charge in [-0.05, 0) is 153 Å². The van der Waals surface area contributed by atoms with E-state index in [1.807, 2.05) is 20.8 Å². The molecular weight excluding hydrogens is 735 g/mol. The number of rotatable bonds is 9. The Bertz CT molecular complexity index is 1890. The largest absolute Gasteiger partial charge is 0.381 e. The van der Waals surface area contributed by atoms with Gasteiger partial charge in [-0.3, -0.25) is 9.59 Å². The van der Waals surface area contributed by atoms with E-state index in [0.717, 1.165) is 26.1 Å². The summed E-state index contributed by atoms with van der Waals surface area (Å²) >= 11 is 0. The van der Waals surface area contributed by atoms with Crippen LogP contribution in [0.3, 0.4) is 0 Å². The van der Waals surface area contributed by atoms with Gasteiger partial charge in [0.15, 0.2) is 0 Å². The maximum atomic E-state index is 11.6. The van der Waals surface area contributed by atoms with Crippen LogP contribution in [0.15, 0.2) is 0 Å². The fourth-order valence-corrected chi connectivity index (χ4v) is 4.40. The normalized spacial score (nSPS) is 9.83. The summed E-state index contributed by atoms with van der Waals surface area (Å²) in [4.78, 5) is 23.1. The number of carbonyl (C=O) groups is 2. The summed E-state index contributed by atoms with van der Waals surface area (Å²) in [7, 11) is 0. The van der Waals surface area contributed by atoms with Gasteiger partial charge in [0, 0.05) is 50.9 Å². The predicted molar refractivity (Wildman–Crippen MR) is 258 cm³/mol. The molecule has 0 rings (SSSR count). The molecule has 0 aliphatic carbocycles. The van der Waals surface area contributed by atoms with E-state index in [0.29, 0.717) is 47.5 Å². The molecule has 0 aliphatic heterocycles. The summed E-state index contributed by atoms with van der Waals surface area (Å²) < 4.78 is 5.59. The molecule has 1 N–H and O–H groups in total. The first-order chi connectivity index (χ1) is 27.3. The first-order valence-electron chi connectivity index (χ1n) is 20.6. The maximum Gasteiger partial charge on any atom is 0.220 e. The van der Waals surface area contributed by atoms with Crippen LogP contribution in [0.25, 0.3) is 0 Å². The summed E-state index contributed by atoms with van der Waals surface area (Å²) in [5, 5.41) is 2.85. The zero-order valence-corrected chi connectivity index (χ0v) is 41.2. The molecule has 0 saturated heterocycles. The second-order valence-electron chi connectivity index (χ2n) is 21.2. The Labute approximate surface area is 371 Å².